The highest BCUT2D eigenvalue weighted by Gasteiger charge is 2.23. The number of aromatic nitrogens is 2. The topological polar surface area (TPSA) is 58.5 Å². The highest BCUT2D eigenvalue weighted by Crippen LogP contribution is 2.37. The van der Waals surface area contributed by atoms with Crippen molar-refractivity contribution in [3.63, 3.8) is 0 Å². The van der Waals surface area contributed by atoms with Gasteiger partial charge in [-0.2, -0.15) is 0 Å². The van der Waals surface area contributed by atoms with E-state index < -0.39 is 0 Å². The molecule has 0 aliphatic rings. The zero-order valence-electron chi connectivity index (χ0n) is 20.0. The minimum absolute atomic E-state index is 0.242. The summed E-state index contributed by atoms with van der Waals surface area (Å²) in [5.74, 6) is 0.713. The number of phenolic OH excluding ortho intramolecular Hbond substituents is 1. The van der Waals surface area contributed by atoms with E-state index in [-0.39, 0.29) is 17.0 Å². The minimum Gasteiger partial charge on any atom is -0.507 e. The van der Waals surface area contributed by atoms with Crippen LogP contribution < -0.4 is 4.74 Å². The number of phenols is 1. The summed E-state index contributed by atoms with van der Waals surface area (Å²) in [6.07, 6.45) is 1.77. The number of nitrogens with zero attached hydrogens (tertiary/aromatic N) is 3. The lowest BCUT2D eigenvalue weighted by molar-refractivity contribution is 0.238. The van der Waals surface area contributed by atoms with Crippen molar-refractivity contribution >= 4 is 10.9 Å². The normalized spacial score (nSPS) is 11.8. The summed E-state index contributed by atoms with van der Waals surface area (Å²) in [7, 11) is 1.64. The third-order valence-electron chi connectivity index (χ3n) is 5.81. The molecule has 0 fully saturated rings. The van der Waals surface area contributed by atoms with Crippen molar-refractivity contribution < 1.29 is 14.2 Å². The van der Waals surface area contributed by atoms with Gasteiger partial charge < -0.3 is 9.84 Å². The second-order valence-corrected chi connectivity index (χ2v) is 9.54. The van der Waals surface area contributed by atoms with Crippen LogP contribution in [-0.4, -0.2) is 27.1 Å². The van der Waals surface area contributed by atoms with E-state index in [9.17, 15) is 9.50 Å². The van der Waals surface area contributed by atoms with E-state index in [0.29, 0.717) is 25.4 Å². The Balaban J connectivity index is 1.69. The molecule has 1 N–H and O–H groups in total. The zero-order chi connectivity index (χ0) is 24.3. The van der Waals surface area contributed by atoms with Crippen LogP contribution in [0.5, 0.6) is 11.5 Å². The smallest absolute Gasteiger partial charge is 0.124 e. The molecule has 0 bridgehead atoms. The van der Waals surface area contributed by atoms with Crippen LogP contribution in [0.25, 0.3) is 10.9 Å². The number of benzene rings is 2. The van der Waals surface area contributed by atoms with E-state index in [2.05, 4.69) is 30.7 Å². The molecule has 0 aliphatic heterocycles. The predicted molar refractivity (Wildman–Crippen MR) is 132 cm³/mol. The number of halogens is 1. The quantitative estimate of drug-likeness (QED) is 0.368. The van der Waals surface area contributed by atoms with Crippen LogP contribution in [-0.2, 0) is 25.0 Å². The number of pyridine rings is 2. The lowest BCUT2D eigenvalue weighted by atomic mass is 9.85. The maximum Gasteiger partial charge on any atom is 0.124 e. The first-order chi connectivity index (χ1) is 16.2. The molecule has 0 saturated carbocycles. The molecule has 0 atom stereocenters. The summed E-state index contributed by atoms with van der Waals surface area (Å²) in [5, 5.41) is 11.9. The van der Waals surface area contributed by atoms with Gasteiger partial charge >= 0.3 is 0 Å². The van der Waals surface area contributed by atoms with Crippen LogP contribution in [0.15, 0.2) is 66.9 Å². The van der Waals surface area contributed by atoms with Crippen LogP contribution in [0.1, 0.15) is 43.3 Å². The molecule has 0 saturated heterocycles. The first kappa shape index (κ1) is 23.6. The highest BCUT2D eigenvalue weighted by molar-refractivity contribution is 5.78. The molecule has 0 amide bonds. The average molecular weight is 460 g/mol. The Morgan fingerprint density at radius 3 is 2.44 bits per heavy atom. The highest BCUT2D eigenvalue weighted by atomic mass is 19.1. The molecule has 6 heteroatoms. The molecule has 0 aliphatic carbocycles. The van der Waals surface area contributed by atoms with Crippen molar-refractivity contribution in [3.8, 4) is 11.5 Å². The van der Waals surface area contributed by atoms with Gasteiger partial charge in [0.15, 0.2) is 0 Å². The minimum atomic E-state index is -0.276. The Bertz CT molecular complexity index is 1290. The summed E-state index contributed by atoms with van der Waals surface area (Å²) in [6.45, 7) is 7.79. The van der Waals surface area contributed by atoms with Gasteiger partial charge in [0, 0.05) is 42.3 Å². The summed E-state index contributed by atoms with van der Waals surface area (Å²) in [5.41, 5.74) is 3.90. The number of hydrogen-bond donors (Lipinski definition) is 1. The van der Waals surface area contributed by atoms with Crippen LogP contribution in [0.2, 0.25) is 0 Å². The van der Waals surface area contributed by atoms with Gasteiger partial charge in [0.1, 0.15) is 17.3 Å². The SMILES string of the molecule is COc1cc(CN(Cc2ccccn2)Cc2ccc3cc(F)ccc3n2)c(O)c(C(C)(C)C)c1. The lowest BCUT2D eigenvalue weighted by Crippen LogP contribution is -2.24. The molecule has 34 heavy (non-hydrogen) atoms. The number of aromatic hydroxyl groups is 1. The fourth-order valence-corrected chi connectivity index (χ4v) is 4.06. The van der Waals surface area contributed by atoms with Gasteiger partial charge in [-0.15, -0.1) is 0 Å². The van der Waals surface area contributed by atoms with Crippen molar-refractivity contribution in [1.82, 2.24) is 14.9 Å². The molecule has 4 aromatic rings. The number of fused-ring (bicyclic) bond motifs is 1. The van der Waals surface area contributed by atoms with Crippen molar-refractivity contribution in [1.29, 1.82) is 0 Å². The van der Waals surface area contributed by atoms with Crippen LogP contribution >= 0.6 is 0 Å². The molecule has 176 valence electrons. The average Bonchev–Trinajstić information content (AvgIpc) is 2.80. The van der Waals surface area contributed by atoms with Crippen LogP contribution in [0.4, 0.5) is 4.39 Å². The van der Waals surface area contributed by atoms with E-state index in [1.165, 1.54) is 12.1 Å². The predicted octanol–water partition coefficient (Wildman–Crippen LogP) is 5.98. The fourth-order valence-electron chi connectivity index (χ4n) is 4.06. The van der Waals surface area contributed by atoms with Crippen molar-refractivity contribution in [3.05, 3.63) is 95.2 Å². The summed E-state index contributed by atoms with van der Waals surface area (Å²) < 4.78 is 19.1. The Kier molecular flexibility index (Phi) is 6.80. The third-order valence-corrected chi connectivity index (χ3v) is 5.81. The van der Waals surface area contributed by atoms with E-state index in [4.69, 9.17) is 9.72 Å². The molecule has 0 spiro atoms. The number of methoxy groups -OCH3 is 1. The third kappa shape index (κ3) is 5.51. The molecular weight excluding hydrogens is 429 g/mol. The Hall–Kier alpha value is -3.51. The summed E-state index contributed by atoms with van der Waals surface area (Å²) in [4.78, 5) is 11.4. The van der Waals surface area contributed by atoms with Gasteiger partial charge in [0.05, 0.1) is 24.0 Å². The van der Waals surface area contributed by atoms with Gasteiger partial charge in [-0.3, -0.25) is 14.9 Å². The standard InChI is InChI=1S/C28H30FN3O2/c1-28(2,3)25-15-24(34-4)14-20(27(25)33)16-32(17-22-7-5-6-12-30-22)18-23-10-8-19-13-21(29)9-11-26(19)31-23/h5-15,33H,16-18H2,1-4H3. The molecule has 0 unspecified atom stereocenters. The van der Waals surface area contributed by atoms with Gasteiger partial charge in [0.2, 0.25) is 0 Å². The first-order valence-corrected chi connectivity index (χ1v) is 11.3. The Morgan fingerprint density at radius 1 is 0.941 bits per heavy atom. The summed E-state index contributed by atoms with van der Waals surface area (Å²) in [6, 6.07) is 18.0. The Morgan fingerprint density at radius 2 is 1.74 bits per heavy atom. The maximum absolute atomic E-state index is 13.6. The van der Waals surface area contributed by atoms with Crippen molar-refractivity contribution in [2.45, 2.75) is 45.8 Å². The molecule has 0 radical (unpaired) electrons. The molecule has 2 aromatic carbocycles. The van der Waals surface area contributed by atoms with Crippen LogP contribution in [0, 0.1) is 5.82 Å². The van der Waals surface area contributed by atoms with Crippen molar-refractivity contribution in [2.75, 3.05) is 7.11 Å². The fraction of sp³-hybridized carbons (Fsp3) is 0.286. The summed E-state index contributed by atoms with van der Waals surface area (Å²) >= 11 is 0. The molecule has 4 rings (SSSR count). The molecular formula is C28H30FN3O2. The largest absolute Gasteiger partial charge is 0.507 e. The van der Waals surface area contributed by atoms with E-state index >= 15 is 0 Å². The molecule has 5 nitrogen and oxygen atoms in total. The van der Waals surface area contributed by atoms with Gasteiger partial charge in [-0.1, -0.05) is 32.9 Å². The zero-order valence-corrected chi connectivity index (χ0v) is 20.0. The van der Waals surface area contributed by atoms with E-state index in [1.54, 1.807) is 19.4 Å². The van der Waals surface area contributed by atoms with Gasteiger partial charge in [-0.05, 0) is 53.9 Å². The van der Waals surface area contributed by atoms with E-state index in [0.717, 1.165) is 33.4 Å². The molecule has 2 heterocycles. The monoisotopic (exact) mass is 459 g/mol. The number of ether oxygens (including phenoxy) is 1. The number of hydrogen-bond acceptors (Lipinski definition) is 5. The number of rotatable bonds is 7. The Labute approximate surface area is 199 Å². The molecule has 2 aromatic heterocycles. The first-order valence-electron chi connectivity index (χ1n) is 11.3. The van der Waals surface area contributed by atoms with Gasteiger partial charge in [0.25, 0.3) is 0 Å². The van der Waals surface area contributed by atoms with Crippen LogP contribution in [0.3, 0.4) is 0 Å². The van der Waals surface area contributed by atoms with Crippen molar-refractivity contribution in [2.24, 2.45) is 0 Å². The van der Waals surface area contributed by atoms with E-state index in [1.807, 2.05) is 42.5 Å². The lowest BCUT2D eigenvalue weighted by Gasteiger charge is -2.26. The van der Waals surface area contributed by atoms with Gasteiger partial charge in [-0.25, -0.2) is 4.39 Å². The second kappa shape index (κ2) is 9.77. The second-order valence-electron chi connectivity index (χ2n) is 9.54. The maximum atomic E-state index is 13.6.